The van der Waals surface area contributed by atoms with E-state index in [4.69, 9.17) is 5.73 Å². The molecule has 0 aliphatic carbocycles. The van der Waals surface area contributed by atoms with Gasteiger partial charge in [0, 0.05) is 10.6 Å². The number of nitrogen functional groups attached to an aromatic ring is 1. The van der Waals surface area contributed by atoms with Crippen LogP contribution in [0.1, 0.15) is 0 Å². The maximum absolute atomic E-state index is 11.7. The smallest absolute Gasteiger partial charge is 0.399 e. The molecule has 2 N–H and O–H groups in total. The second kappa shape index (κ2) is 5.27. The summed E-state index contributed by atoms with van der Waals surface area (Å²) in [5.41, 5.74) is 6.08. The minimum Gasteiger partial charge on any atom is -0.399 e. The van der Waals surface area contributed by atoms with E-state index in [2.05, 4.69) is 4.74 Å². The lowest BCUT2D eigenvalue weighted by Crippen LogP contribution is -2.16. The van der Waals surface area contributed by atoms with E-state index in [9.17, 15) is 13.2 Å². The molecule has 0 aromatic heterocycles. The molecule has 84 valence electrons. The monoisotopic (exact) mass is 237 g/mol. The normalized spacial score (nSPS) is 11.7. The van der Waals surface area contributed by atoms with Crippen molar-refractivity contribution in [2.24, 2.45) is 0 Å². The van der Waals surface area contributed by atoms with Gasteiger partial charge in [0.1, 0.15) is 6.61 Å². The Kier molecular flexibility index (Phi) is 4.28. The summed E-state index contributed by atoms with van der Waals surface area (Å²) in [5.74, 6) is -0.0387. The van der Waals surface area contributed by atoms with Crippen molar-refractivity contribution in [1.82, 2.24) is 0 Å². The minimum absolute atomic E-state index is 0.0387. The van der Waals surface area contributed by atoms with Gasteiger partial charge in [-0.2, -0.15) is 13.2 Å². The van der Waals surface area contributed by atoms with Crippen molar-refractivity contribution >= 4 is 17.4 Å². The van der Waals surface area contributed by atoms with E-state index in [0.29, 0.717) is 5.69 Å². The van der Waals surface area contributed by atoms with E-state index < -0.39 is 12.8 Å². The summed E-state index contributed by atoms with van der Waals surface area (Å²) in [5, 5.41) is 0. The summed E-state index contributed by atoms with van der Waals surface area (Å²) in [6.07, 6.45) is -4.27. The van der Waals surface area contributed by atoms with E-state index in [1.807, 2.05) is 0 Å². The Bertz CT molecular complexity index is 316. The second-order valence-electron chi connectivity index (χ2n) is 2.80. The van der Waals surface area contributed by atoms with Gasteiger partial charge in [-0.15, -0.1) is 0 Å². The third-order valence-electron chi connectivity index (χ3n) is 1.43. The first-order valence-electron chi connectivity index (χ1n) is 4.10. The van der Waals surface area contributed by atoms with E-state index in [1.54, 1.807) is 24.3 Å². The molecule has 0 aliphatic heterocycles. The summed E-state index contributed by atoms with van der Waals surface area (Å²) in [7, 11) is 0. The molecular formula is C9H10F3NOS. The van der Waals surface area contributed by atoms with Crippen molar-refractivity contribution in [3.8, 4) is 0 Å². The van der Waals surface area contributed by atoms with Crippen LogP contribution in [0.15, 0.2) is 29.2 Å². The second-order valence-corrected chi connectivity index (χ2v) is 3.79. The Balaban J connectivity index is 2.26. The maximum Gasteiger partial charge on any atom is 0.411 e. The molecule has 0 amide bonds. The summed E-state index contributed by atoms with van der Waals surface area (Å²) in [6.45, 7) is -1.22. The number of thioether (sulfide) groups is 1. The number of nitrogens with two attached hydrogens (primary N) is 1. The van der Waals surface area contributed by atoms with Crippen LogP contribution in [-0.2, 0) is 4.74 Å². The van der Waals surface area contributed by atoms with E-state index >= 15 is 0 Å². The quantitative estimate of drug-likeness (QED) is 0.378. The summed E-state index contributed by atoms with van der Waals surface area (Å²) >= 11 is 1.17. The average molecular weight is 237 g/mol. The zero-order valence-corrected chi connectivity index (χ0v) is 8.57. The van der Waals surface area contributed by atoms with Crippen molar-refractivity contribution in [3.05, 3.63) is 24.3 Å². The molecule has 0 spiro atoms. The molecule has 2 nitrogen and oxygen atoms in total. The highest BCUT2D eigenvalue weighted by Gasteiger charge is 2.27. The summed E-state index contributed by atoms with van der Waals surface area (Å²) < 4.78 is 39.5. The fourth-order valence-corrected chi connectivity index (χ4v) is 1.57. The highest BCUT2D eigenvalue weighted by molar-refractivity contribution is 7.99. The highest BCUT2D eigenvalue weighted by atomic mass is 32.2. The lowest BCUT2D eigenvalue weighted by molar-refractivity contribution is -0.168. The Morgan fingerprint density at radius 2 is 2.07 bits per heavy atom. The number of anilines is 1. The van der Waals surface area contributed by atoms with Crippen LogP contribution in [0, 0.1) is 0 Å². The molecule has 0 bridgehead atoms. The Morgan fingerprint density at radius 3 is 2.67 bits per heavy atom. The van der Waals surface area contributed by atoms with Crippen LogP contribution in [0.3, 0.4) is 0 Å². The van der Waals surface area contributed by atoms with Gasteiger partial charge in [-0.1, -0.05) is 17.8 Å². The van der Waals surface area contributed by atoms with Gasteiger partial charge < -0.3 is 10.5 Å². The highest BCUT2D eigenvalue weighted by Crippen LogP contribution is 2.21. The van der Waals surface area contributed by atoms with Gasteiger partial charge in [0.25, 0.3) is 0 Å². The first kappa shape index (κ1) is 12.2. The van der Waals surface area contributed by atoms with Crippen molar-refractivity contribution in [2.75, 3.05) is 18.3 Å². The van der Waals surface area contributed by atoms with Crippen molar-refractivity contribution < 1.29 is 17.9 Å². The fraction of sp³-hybridized carbons (Fsp3) is 0.333. The SMILES string of the molecule is Nc1cccc(SCOCC(F)(F)F)c1. The molecule has 0 aliphatic rings. The van der Waals surface area contributed by atoms with Crippen LogP contribution < -0.4 is 5.73 Å². The number of rotatable bonds is 4. The third-order valence-corrected chi connectivity index (χ3v) is 2.30. The number of hydrogen-bond acceptors (Lipinski definition) is 3. The Morgan fingerprint density at radius 1 is 1.33 bits per heavy atom. The molecule has 0 saturated heterocycles. The molecule has 1 aromatic carbocycles. The molecule has 15 heavy (non-hydrogen) atoms. The van der Waals surface area contributed by atoms with Crippen LogP contribution in [0.5, 0.6) is 0 Å². The van der Waals surface area contributed by atoms with Gasteiger partial charge in [-0.3, -0.25) is 0 Å². The molecule has 1 rings (SSSR count). The lowest BCUT2D eigenvalue weighted by atomic mass is 10.3. The minimum atomic E-state index is -4.27. The van der Waals surface area contributed by atoms with Crippen LogP contribution in [-0.4, -0.2) is 18.7 Å². The average Bonchev–Trinajstić information content (AvgIpc) is 2.11. The fourth-order valence-electron chi connectivity index (χ4n) is 0.871. The summed E-state index contributed by atoms with van der Waals surface area (Å²) in [6, 6.07) is 6.89. The van der Waals surface area contributed by atoms with Gasteiger partial charge in [-0.05, 0) is 18.2 Å². The van der Waals surface area contributed by atoms with E-state index in [0.717, 1.165) is 4.90 Å². The van der Waals surface area contributed by atoms with Gasteiger partial charge in [0.15, 0.2) is 0 Å². The van der Waals surface area contributed by atoms with Gasteiger partial charge in [-0.25, -0.2) is 0 Å². The molecule has 0 heterocycles. The number of halogens is 3. The first-order chi connectivity index (χ1) is 6.97. The standard InChI is InChI=1S/C9H10F3NOS/c10-9(11,12)5-14-6-15-8-3-1-2-7(13)4-8/h1-4H,5-6,13H2. The Labute approximate surface area is 89.6 Å². The zero-order valence-electron chi connectivity index (χ0n) is 7.75. The molecule has 0 fully saturated rings. The molecule has 0 atom stereocenters. The van der Waals surface area contributed by atoms with Crippen LogP contribution in [0.4, 0.5) is 18.9 Å². The molecule has 0 radical (unpaired) electrons. The molecular weight excluding hydrogens is 227 g/mol. The maximum atomic E-state index is 11.7. The van der Waals surface area contributed by atoms with E-state index in [-0.39, 0.29) is 5.94 Å². The molecule has 1 aromatic rings. The van der Waals surface area contributed by atoms with E-state index in [1.165, 1.54) is 11.8 Å². The zero-order chi connectivity index (χ0) is 11.3. The number of alkyl halides is 3. The number of benzene rings is 1. The predicted molar refractivity (Wildman–Crippen MR) is 53.6 cm³/mol. The topological polar surface area (TPSA) is 35.2 Å². The van der Waals surface area contributed by atoms with Gasteiger partial charge in [0.05, 0.1) is 5.94 Å². The summed E-state index contributed by atoms with van der Waals surface area (Å²) in [4.78, 5) is 0.789. The molecule has 0 unspecified atom stereocenters. The predicted octanol–water partition coefficient (Wildman–Crippen LogP) is 2.90. The van der Waals surface area contributed by atoms with Crippen molar-refractivity contribution in [2.45, 2.75) is 11.1 Å². The van der Waals surface area contributed by atoms with Crippen LogP contribution in [0.25, 0.3) is 0 Å². The van der Waals surface area contributed by atoms with Gasteiger partial charge in [0.2, 0.25) is 0 Å². The number of hydrogen-bond donors (Lipinski definition) is 1. The molecule has 0 saturated carbocycles. The number of ether oxygens (including phenoxy) is 1. The first-order valence-corrected chi connectivity index (χ1v) is 5.09. The molecule has 6 heteroatoms. The lowest BCUT2D eigenvalue weighted by Gasteiger charge is -2.07. The third kappa shape index (κ3) is 5.54. The van der Waals surface area contributed by atoms with Crippen molar-refractivity contribution in [1.29, 1.82) is 0 Å². The van der Waals surface area contributed by atoms with Crippen LogP contribution >= 0.6 is 11.8 Å². The van der Waals surface area contributed by atoms with Crippen LogP contribution in [0.2, 0.25) is 0 Å². The van der Waals surface area contributed by atoms with Gasteiger partial charge >= 0.3 is 6.18 Å². The largest absolute Gasteiger partial charge is 0.411 e. The Hall–Kier alpha value is -0.880. The van der Waals surface area contributed by atoms with Crippen molar-refractivity contribution in [3.63, 3.8) is 0 Å².